The van der Waals surface area contributed by atoms with E-state index in [1.807, 2.05) is 19.9 Å². The van der Waals surface area contributed by atoms with Crippen molar-refractivity contribution in [1.82, 2.24) is 9.66 Å². The molecule has 0 saturated carbocycles. The Balaban J connectivity index is 2.22. The summed E-state index contributed by atoms with van der Waals surface area (Å²) in [6, 6.07) is 9.83. The first-order valence-electron chi connectivity index (χ1n) is 8.95. The SMILES string of the molecule is CC[C@H](C)c1nc2ccc(Br)cc2c(=O)n1N=Cc1cccc([N+](=O)[O-])c1OC. The van der Waals surface area contributed by atoms with Gasteiger partial charge in [-0.1, -0.05) is 35.8 Å². The predicted octanol–water partition coefficient (Wildman–Crippen LogP) is 4.47. The third-order valence-electron chi connectivity index (χ3n) is 4.62. The zero-order chi connectivity index (χ0) is 21.1. The number of para-hydroxylation sites is 1. The lowest BCUT2D eigenvalue weighted by molar-refractivity contribution is -0.385. The zero-order valence-electron chi connectivity index (χ0n) is 16.1. The number of rotatable bonds is 6. The second-order valence-corrected chi connectivity index (χ2v) is 7.37. The van der Waals surface area contributed by atoms with Crippen LogP contribution in [0.15, 0.2) is 50.8 Å². The predicted molar refractivity (Wildman–Crippen MR) is 115 cm³/mol. The number of benzene rings is 2. The molecule has 3 aromatic rings. The fourth-order valence-corrected chi connectivity index (χ4v) is 3.27. The van der Waals surface area contributed by atoms with Crippen molar-refractivity contribution in [1.29, 1.82) is 0 Å². The van der Waals surface area contributed by atoms with Gasteiger partial charge in [-0.05, 0) is 30.7 Å². The van der Waals surface area contributed by atoms with Gasteiger partial charge in [-0.25, -0.2) is 4.98 Å². The van der Waals surface area contributed by atoms with Gasteiger partial charge in [0.1, 0.15) is 5.82 Å². The Kier molecular flexibility index (Phi) is 6.07. The number of nitro benzene ring substituents is 1. The molecule has 1 atom stereocenters. The molecule has 0 aliphatic heterocycles. The first kappa shape index (κ1) is 20.7. The number of hydrogen-bond acceptors (Lipinski definition) is 6. The van der Waals surface area contributed by atoms with Gasteiger partial charge in [-0.3, -0.25) is 14.9 Å². The van der Waals surface area contributed by atoms with Crippen LogP contribution in [0.1, 0.15) is 37.6 Å². The number of ether oxygens (including phenoxy) is 1. The van der Waals surface area contributed by atoms with Crippen molar-refractivity contribution < 1.29 is 9.66 Å². The van der Waals surface area contributed by atoms with Crippen LogP contribution in [0.4, 0.5) is 5.69 Å². The zero-order valence-corrected chi connectivity index (χ0v) is 17.7. The van der Waals surface area contributed by atoms with Gasteiger partial charge < -0.3 is 4.74 Å². The minimum Gasteiger partial charge on any atom is -0.490 e. The molecule has 0 amide bonds. The number of methoxy groups -OCH3 is 1. The van der Waals surface area contributed by atoms with Gasteiger partial charge in [0, 0.05) is 22.0 Å². The molecule has 1 heterocycles. The van der Waals surface area contributed by atoms with Gasteiger partial charge in [0.05, 0.1) is 29.2 Å². The van der Waals surface area contributed by atoms with Gasteiger partial charge in [-0.15, -0.1) is 0 Å². The number of nitro groups is 1. The number of nitrogens with zero attached hydrogens (tertiary/aromatic N) is 4. The number of hydrogen-bond donors (Lipinski definition) is 0. The van der Waals surface area contributed by atoms with Gasteiger partial charge in [0.2, 0.25) is 5.75 Å². The molecule has 0 saturated heterocycles. The molecule has 0 aliphatic rings. The van der Waals surface area contributed by atoms with Crippen molar-refractivity contribution in [3.05, 3.63) is 72.7 Å². The summed E-state index contributed by atoms with van der Waals surface area (Å²) in [5.41, 5.74) is 0.490. The Morgan fingerprint density at radius 3 is 2.79 bits per heavy atom. The minimum absolute atomic E-state index is 0.0140. The first-order chi connectivity index (χ1) is 13.9. The van der Waals surface area contributed by atoms with Crippen molar-refractivity contribution in [2.24, 2.45) is 5.10 Å². The van der Waals surface area contributed by atoms with Crippen LogP contribution in [0.3, 0.4) is 0 Å². The van der Waals surface area contributed by atoms with Crippen LogP contribution < -0.4 is 10.3 Å². The van der Waals surface area contributed by atoms with E-state index in [1.165, 1.54) is 30.1 Å². The van der Waals surface area contributed by atoms with E-state index in [1.54, 1.807) is 18.2 Å². The molecule has 0 spiro atoms. The van der Waals surface area contributed by atoms with Gasteiger partial charge in [-0.2, -0.15) is 9.78 Å². The summed E-state index contributed by atoms with van der Waals surface area (Å²) in [6.07, 6.45) is 2.15. The molecule has 0 unspecified atom stereocenters. The molecule has 3 rings (SSSR count). The van der Waals surface area contributed by atoms with E-state index in [4.69, 9.17) is 4.74 Å². The van der Waals surface area contributed by atoms with Crippen LogP contribution in [-0.4, -0.2) is 27.9 Å². The van der Waals surface area contributed by atoms with Crippen molar-refractivity contribution in [2.75, 3.05) is 7.11 Å². The van der Waals surface area contributed by atoms with Gasteiger partial charge >= 0.3 is 5.69 Å². The molecular weight excluding hydrogens is 440 g/mol. The normalized spacial score (nSPS) is 12.4. The maximum absolute atomic E-state index is 13.1. The van der Waals surface area contributed by atoms with E-state index in [-0.39, 0.29) is 22.9 Å². The lowest BCUT2D eigenvalue weighted by atomic mass is 10.1. The van der Waals surface area contributed by atoms with Crippen molar-refractivity contribution in [2.45, 2.75) is 26.2 Å². The molecule has 29 heavy (non-hydrogen) atoms. The molecular formula is C20H19BrN4O4. The topological polar surface area (TPSA) is 99.6 Å². The van der Waals surface area contributed by atoms with Gasteiger partial charge in [0.25, 0.3) is 5.56 Å². The molecule has 2 aromatic carbocycles. The summed E-state index contributed by atoms with van der Waals surface area (Å²) in [6.45, 7) is 3.96. The Bertz CT molecular complexity index is 1170. The average Bonchev–Trinajstić information content (AvgIpc) is 2.72. The summed E-state index contributed by atoms with van der Waals surface area (Å²) in [4.78, 5) is 28.5. The molecule has 0 N–H and O–H groups in total. The smallest absolute Gasteiger partial charge is 0.311 e. The highest BCUT2D eigenvalue weighted by molar-refractivity contribution is 9.10. The molecule has 0 radical (unpaired) electrons. The summed E-state index contributed by atoms with van der Waals surface area (Å²) in [7, 11) is 1.35. The molecule has 0 bridgehead atoms. The Hall–Kier alpha value is -3.07. The highest BCUT2D eigenvalue weighted by Crippen LogP contribution is 2.29. The standard InChI is InChI=1S/C20H19BrN4O4/c1-4-12(2)19-23-16-9-8-14(21)10-15(16)20(26)24(19)22-11-13-6-5-7-17(25(27)28)18(13)29-3/h5-12H,4H2,1-3H3/t12-/m0/s1. The van der Waals surface area contributed by atoms with Crippen molar-refractivity contribution in [3.8, 4) is 5.75 Å². The number of halogens is 1. The monoisotopic (exact) mass is 458 g/mol. The first-order valence-corrected chi connectivity index (χ1v) is 9.74. The summed E-state index contributed by atoms with van der Waals surface area (Å²) in [5, 5.41) is 16.0. The van der Waals surface area contributed by atoms with E-state index in [9.17, 15) is 14.9 Å². The Morgan fingerprint density at radius 1 is 1.38 bits per heavy atom. The van der Waals surface area contributed by atoms with E-state index < -0.39 is 4.92 Å². The molecule has 1 aromatic heterocycles. The van der Waals surface area contributed by atoms with Gasteiger partial charge in [0.15, 0.2) is 0 Å². The van der Waals surface area contributed by atoms with E-state index >= 15 is 0 Å². The van der Waals surface area contributed by atoms with Crippen LogP contribution >= 0.6 is 15.9 Å². The van der Waals surface area contributed by atoms with E-state index in [0.29, 0.717) is 22.3 Å². The van der Waals surface area contributed by atoms with Crippen molar-refractivity contribution >= 4 is 38.7 Å². The fraction of sp³-hybridized carbons (Fsp3) is 0.250. The minimum atomic E-state index is -0.526. The van der Waals surface area contributed by atoms with E-state index in [0.717, 1.165) is 10.9 Å². The van der Waals surface area contributed by atoms with Crippen LogP contribution in [0.5, 0.6) is 5.75 Å². The molecule has 0 aliphatic carbocycles. The Labute approximate surface area is 175 Å². The summed E-state index contributed by atoms with van der Waals surface area (Å²) < 4.78 is 7.21. The van der Waals surface area contributed by atoms with Crippen LogP contribution in [0, 0.1) is 10.1 Å². The largest absolute Gasteiger partial charge is 0.490 e. The van der Waals surface area contributed by atoms with E-state index in [2.05, 4.69) is 26.0 Å². The Morgan fingerprint density at radius 2 is 2.14 bits per heavy atom. The van der Waals surface area contributed by atoms with Crippen LogP contribution in [0.25, 0.3) is 10.9 Å². The quantitative estimate of drug-likeness (QED) is 0.308. The van der Waals surface area contributed by atoms with Crippen LogP contribution in [-0.2, 0) is 0 Å². The maximum atomic E-state index is 13.1. The number of aromatic nitrogens is 2. The highest BCUT2D eigenvalue weighted by atomic mass is 79.9. The van der Waals surface area contributed by atoms with Crippen LogP contribution in [0.2, 0.25) is 0 Å². The molecule has 8 nitrogen and oxygen atoms in total. The fourth-order valence-electron chi connectivity index (χ4n) is 2.91. The second-order valence-electron chi connectivity index (χ2n) is 6.46. The third-order valence-corrected chi connectivity index (χ3v) is 5.12. The number of fused-ring (bicyclic) bond motifs is 1. The highest BCUT2D eigenvalue weighted by Gasteiger charge is 2.18. The summed E-state index contributed by atoms with van der Waals surface area (Å²) in [5.74, 6) is 0.587. The average molecular weight is 459 g/mol. The molecule has 150 valence electrons. The summed E-state index contributed by atoms with van der Waals surface area (Å²) >= 11 is 3.37. The lowest BCUT2D eigenvalue weighted by Crippen LogP contribution is -2.23. The molecule has 9 heteroatoms. The maximum Gasteiger partial charge on any atom is 0.311 e. The van der Waals surface area contributed by atoms with Crippen molar-refractivity contribution in [3.63, 3.8) is 0 Å². The molecule has 0 fully saturated rings. The third kappa shape index (κ3) is 4.04. The second kappa shape index (κ2) is 8.52. The lowest BCUT2D eigenvalue weighted by Gasteiger charge is -2.14.